The molecule has 5 nitrogen and oxygen atoms in total. The molecule has 0 aliphatic heterocycles. The van der Waals surface area contributed by atoms with Crippen LogP contribution in [0.2, 0.25) is 0 Å². The molecule has 1 aliphatic carbocycles. The molecule has 1 saturated carbocycles. The number of hydrogen-bond donors (Lipinski definition) is 0. The van der Waals surface area contributed by atoms with Crippen molar-refractivity contribution in [2.24, 2.45) is 5.92 Å². The van der Waals surface area contributed by atoms with Crippen molar-refractivity contribution >= 4 is 29.8 Å². The Hall–Kier alpha value is -0.630. The zero-order valence-electron chi connectivity index (χ0n) is 11.7. The minimum Gasteiger partial charge on any atom is -0.207 e. The third-order valence-corrected chi connectivity index (χ3v) is 7.05. The molecular formula is C13H18ClNO4S2. The third kappa shape index (κ3) is 3.77. The lowest BCUT2D eigenvalue weighted by Gasteiger charge is -2.31. The second-order valence-corrected chi connectivity index (χ2v) is 9.67. The van der Waals surface area contributed by atoms with E-state index >= 15 is 0 Å². The van der Waals surface area contributed by atoms with E-state index in [9.17, 15) is 16.8 Å². The average molecular weight is 352 g/mol. The van der Waals surface area contributed by atoms with Crippen molar-refractivity contribution in [1.29, 1.82) is 0 Å². The van der Waals surface area contributed by atoms with E-state index in [1.54, 1.807) is 6.92 Å². The maximum absolute atomic E-state index is 12.6. The molecule has 8 heteroatoms. The first kappa shape index (κ1) is 16.7. The van der Waals surface area contributed by atoms with Gasteiger partial charge in [-0.3, -0.25) is 0 Å². The van der Waals surface area contributed by atoms with Crippen LogP contribution in [0.3, 0.4) is 0 Å². The Morgan fingerprint density at radius 2 is 1.81 bits per heavy atom. The Morgan fingerprint density at radius 1 is 1.19 bits per heavy atom. The molecule has 0 bridgehead atoms. The summed E-state index contributed by atoms with van der Waals surface area (Å²) in [5.74, 6) is 0.402. The summed E-state index contributed by atoms with van der Waals surface area (Å²) in [7, 11) is -2.37. The van der Waals surface area contributed by atoms with Crippen LogP contribution in [0.5, 0.6) is 0 Å². The number of hydrogen-bond acceptors (Lipinski definition) is 4. The van der Waals surface area contributed by atoms with E-state index in [1.165, 1.54) is 22.5 Å². The number of nitrogens with zero attached hydrogens (tertiary/aromatic N) is 1. The van der Waals surface area contributed by atoms with Crippen LogP contribution >= 0.6 is 10.7 Å². The highest BCUT2D eigenvalue weighted by Crippen LogP contribution is 2.29. The lowest BCUT2D eigenvalue weighted by Crippen LogP contribution is -2.37. The number of sulfonamides is 1. The van der Waals surface area contributed by atoms with Gasteiger partial charge in [-0.1, -0.05) is 19.4 Å². The van der Waals surface area contributed by atoms with Gasteiger partial charge in [0.2, 0.25) is 10.0 Å². The molecule has 118 valence electrons. The maximum atomic E-state index is 12.6. The van der Waals surface area contributed by atoms with E-state index in [2.05, 4.69) is 0 Å². The Morgan fingerprint density at radius 3 is 2.29 bits per heavy atom. The Bertz CT molecular complexity index is 711. The van der Waals surface area contributed by atoms with Crippen molar-refractivity contribution in [3.63, 3.8) is 0 Å². The Labute approximate surface area is 130 Å². The number of benzene rings is 1. The highest BCUT2D eigenvalue weighted by atomic mass is 35.7. The van der Waals surface area contributed by atoms with Crippen LogP contribution in [0, 0.1) is 5.92 Å². The van der Waals surface area contributed by atoms with Crippen LogP contribution < -0.4 is 0 Å². The molecule has 0 spiro atoms. The zero-order chi connectivity index (χ0) is 15.7. The fourth-order valence-corrected chi connectivity index (χ4v) is 4.74. The van der Waals surface area contributed by atoms with Crippen LogP contribution in [0.25, 0.3) is 0 Å². The lowest BCUT2D eigenvalue weighted by atomic mass is 9.85. The minimum absolute atomic E-state index is 0.0367. The van der Waals surface area contributed by atoms with Gasteiger partial charge in [-0.05, 0) is 37.0 Å². The summed E-state index contributed by atoms with van der Waals surface area (Å²) in [4.78, 5) is -0.240. The molecule has 2 rings (SSSR count). The van der Waals surface area contributed by atoms with Crippen molar-refractivity contribution < 1.29 is 16.8 Å². The summed E-state index contributed by atoms with van der Waals surface area (Å²) >= 11 is 0. The van der Waals surface area contributed by atoms with Crippen LogP contribution in [-0.2, 0) is 19.1 Å². The summed E-state index contributed by atoms with van der Waals surface area (Å²) in [6.45, 7) is 2.62. The quantitative estimate of drug-likeness (QED) is 0.738. The van der Waals surface area contributed by atoms with Gasteiger partial charge in [0.1, 0.15) is 0 Å². The lowest BCUT2D eigenvalue weighted by molar-refractivity contribution is 0.250. The minimum atomic E-state index is -3.95. The largest absolute Gasteiger partial charge is 0.261 e. The summed E-state index contributed by atoms with van der Waals surface area (Å²) in [6.07, 6.45) is 3.23. The Balaban J connectivity index is 2.33. The van der Waals surface area contributed by atoms with Crippen molar-refractivity contribution in [1.82, 2.24) is 4.31 Å². The van der Waals surface area contributed by atoms with E-state index in [0.717, 1.165) is 25.3 Å². The van der Waals surface area contributed by atoms with Gasteiger partial charge in [0, 0.05) is 23.8 Å². The molecule has 1 aromatic rings. The van der Waals surface area contributed by atoms with Gasteiger partial charge in [0.25, 0.3) is 9.05 Å². The molecule has 0 saturated heterocycles. The van der Waals surface area contributed by atoms with E-state index < -0.39 is 19.1 Å². The van der Waals surface area contributed by atoms with Gasteiger partial charge in [-0.15, -0.1) is 0 Å². The molecule has 1 aliphatic rings. The van der Waals surface area contributed by atoms with Gasteiger partial charge >= 0.3 is 0 Å². The van der Waals surface area contributed by atoms with Gasteiger partial charge in [-0.25, -0.2) is 16.8 Å². The number of rotatable bonds is 6. The van der Waals surface area contributed by atoms with E-state index in [0.29, 0.717) is 19.0 Å². The van der Waals surface area contributed by atoms with Crippen LogP contribution in [0.4, 0.5) is 0 Å². The molecule has 1 aromatic carbocycles. The summed E-state index contributed by atoms with van der Waals surface area (Å²) in [5, 5.41) is 0. The predicted octanol–water partition coefficient (Wildman–Crippen LogP) is 2.42. The molecule has 0 unspecified atom stereocenters. The molecule has 0 N–H and O–H groups in total. The predicted molar refractivity (Wildman–Crippen MR) is 81.3 cm³/mol. The van der Waals surface area contributed by atoms with Crippen LogP contribution in [0.15, 0.2) is 34.1 Å². The maximum Gasteiger partial charge on any atom is 0.261 e. The normalized spacial score (nSPS) is 16.9. The first-order valence-corrected chi connectivity index (χ1v) is 10.5. The molecule has 1 fully saturated rings. The fraction of sp³-hybridized carbons (Fsp3) is 0.538. The molecule has 0 atom stereocenters. The molecule has 0 aromatic heterocycles. The highest BCUT2D eigenvalue weighted by molar-refractivity contribution is 8.13. The van der Waals surface area contributed by atoms with Crippen molar-refractivity contribution in [2.75, 3.05) is 13.1 Å². The third-order valence-electron chi connectivity index (χ3n) is 3.76. The van der Waals surface area contributed by atoms with Gasteiger partial charge in [0.05, 0.1) is 9.79 Å². The Kier molecular flexibility index (Phi) is 4.97. The van der Waals surface area contributed by atoms with Crippen molar-refractivity contribution in [2.45, 2.75) is 36.0 Å². The monoisotopic (exact) mass is 351 g/mol. The second kappa shape index (κ2) is 6.24. The van der Waals surface area contributed by atoms with Crippen LogP contribution in [0.1, 0.15) is 26.2 Å². The summed E-state index contributed by atoms with van der Waals surface area (Å²) < 4.78 is 49.3. The van der Waals surface area contributed by atoms with Crippen LogP contribution in [-0.4, -0.2) is 34.2 Å². The highest BCUT2D eigenvalue weighted by Gasteiger charge is 2.29. The molecule has 21 heavy (non-hydrogen) atoms. The average Bonchev–Trinajstić information content (AvgIpc) is 2.36. The standard InChI is InChI=1S/C13H18ClNO4S2/c1-2-15(10-11-5-3-6-11)21(18,19)13-8-4-7-12(9-13)20(14,16)17/h4,7-9,11H,2-3,5-6,10H2,1H3. The van der Waals surface area contributed by atoms with E-state index in [-0.39, 0.29) is 9.79 Å². The molecular weight excluding hydrogens is 334 g/mol. The fourth-order valence-electron chi connectivity index (χ4n) is 2.30. The van der Waals surface area contributed by atoms with Gasteiger partial charge < -0.3 is 0 Å². The zero-order valence-corrected chi connectivity index (χ0v) is 14.1. The molecule has 0 radical (unpaired) electrons. The molecule has 0 amide bonds. The van der Waals surface area contributed by atoms with Crippen molar-refractivity contribution in [3.8, 4) is 0 Å². The van der Waals surface area contributed by atoms with Crippen molar-refractivity contribution in [3.05, 3.63) is 24.3 Å². The van der Waals surface area contributed by atoms with E-state index in [4.69, 9.17) is 10.7 Å². The summed E-state index contributed by atoms with van der Waals surface area (Å²) in [5.41, 5.74) is 0. The molecule has 0 heterocycles. The van der Waals surface area contributed by atoms with Gasteiger partial charge in [0.15, 0.2) is 0 Å². The van der Waals surface area contributed by atoms with Gasteiger partial charge in [-0.2, -0.15) is 4.31 Å². The second-order valence-electron chi connectivity index (χ2n) is 5.17. The topological polar surface area (TPSA) is 71.5 Å². The first-order valence-electron chi connectivity index (χ1n) is 6.80. The number of halogens is 1. The summed E-state index contributed by atoms with van der Waals surface area (Å²) in [6, 6.07) is 5.17. The van der Waals surface area contributed by atoms with E-state index in [1.807, 2.05) is 0 Å². The smallest absolute Gasteiger partial charge is 0.207 e. The first-order chi connectivity index (χ1) is 9.75. The SMILES string of the molecule is CCN(CC1CCC1)S(=O)(=O)c1cccc(S(=O)(=O)Cl)c1.